The lowest BCUT2D eigenvalue weighted by molar-refractivity contribution is 0.353. The summed E-state index contributed by atoms with van der Waals surface area (Å²) in [4.78, 5) is 0. The van der Waals surface area contributed by atoms with Gasteiger partial charge in [0.1, 0.15) is 12.4 Å². The Bertz CT molecular complexity index is 336. The van der Waals surface area contributed by atoms with Gasteiger partial charge in [-0.25, -0.2) is 0 Å². The molecule has 1 aromatic rings. The Balaban J connectivity index is 2.73. The van der Waals surface area contributed by atoms with Crippen LogP contribution < -0.4 is 10.5 Å². The van der Waals surface area contributed by atoms with Crippen LogP contribution in [0, 0.1) is 0 Å². The Labute approximate surface area is 89.3 Å². The molecule has 0 saturated heterocycles. The van der Waals surface area contributed by atoms with Crippen molar-refractivity contribution in [2.24, 2.45) is 5.73 Å². The van der Waals surface area contributed by atoms with Gasteiger partial charge in [0.15, 0.2) is 0 Å². The molecular formula is C11H14ClNO. The molecule has 0 atom stereocenters. The second-order valence-corrected chi connectivity index (χ2v) is 3.62. The average molecular weight is 212 g/mol. The summed E-state index contributed by atoms with van der Waals surface area (Å²) in [5.41, 5.74) is 7.44. The molecule has 76 valence electrons. The van der Waals surface area contributed by atoms with Crippen LogP contribution in [-0.4, -0.2) is 6.61 Å². The molecule has 0 unspecified atom stereocenters. The number of hydrogen-bond donors (Lipinski definition) is 1. The Morgan fingerprint density at radius 1 is 1.57 bits per heavy atom. The van der Waals surface area contributed by atoms with Gasteiger partial charge < -0.3 is 10.5 Å². The molecular weight excluding hydrogens is 198 g/mol. The van der Waals surface area contributed by atoms with Crippen LogP contribution in [0.3, 0.4) is 0 Å². The molecule has 0 spiro atoms. The van der Waals surface area contributed by atoms with Crippen molar-refractivity contribution in [1.82, 2.24) is 0 Å². The SMILES string of the molecule is C=C(C)COc1ccc(CN)cc1Cl. The number of hydrogen-bond acceptors (Lipinski definition) is 2. The average Bonchev–Trinajstić information content (AvgIpc) is 2.15. The van der Waals surface area contributed by atoms with Crippen LogP contribution in [0.2, 0.25) is 5.02 Å². The van der Waals surface area contributed by atoms with Gasteiger partial charge in [-0.05, 0) is 30.2 Å². The fourth-order valence-corrected chi connectivity index (χ4v) is 1.25. The zero-order chi connectivity index (χ0) is 10.6. The Kier molecular flexibility index (Phi) is 3.98. The number of benzene rings is 1. The first kappa shape index (κ1) is 11.1. The number of halogens is 1. The highest BCUT2D eigenvalue weighted by molar-refractivity contribution is 6.32. The van der Waals surface area contributed by atoms with E-state index in [1.165, 1.54) is 0 Å². The van der Waals surface area contributed by atoms with E-state index in [4.69, 9.17) is 22.1 Å². The maximum absolute atomic E-state index is 5.98. The second-order valence-electron chi connectivity index (χ2n) is 3.21. The Morgan fingerprint density at radius 2 is 2.29 bits per heavy atom. The molecule has 0 radical (unpaired) electrons. The highest BCUT2D eigenvalue weighted by Gasteiger charge is 2.01. The zero-order valence-electron chi connectivity index (χ0n) is 8.22. The normalized spacial score (nSPS) is 9.93. The molecule has 0 amide bonds. The molecule has 2 nitrogen and oxygen atoms in total. The van der Waals surface area contributed by atoms with Crippen molar-refractivity contribution in [3.05, 3.63) is 40.9 Å². The smallest absolute Gasteiger partial charge is 0.138 e. The molecule has 0 aliphatic carbocycles. The molecule has 0 bridgehead atoms. The monoisotopic (exact) mass is 211 g/mol. The van der Waals surface area contributed by atoms with Crippen molar-refractivity contribution in [3.63, 3.8) is 0 Å². The van der Waals surface area contributed by atoms with E-state index >= 15 is 0 Å². The van der Waals surface area contributed by atoms with Crippen molar-refractivity contribution in [2.75, 3.05) is 6.61 Å². The molecule has 2 N–H and O–H groups in total. The first-order valence-electron chi connectivity index (χ1n) is 4.39. The molecule has 0 heterocycles. The second kappa shape index (κ2) is 5.03. The Morgan fingerprint density at radius 3 is 2.79 bits per heavy atom. The van der Waals surface area contributed by atoms with Gasteiger partial charge >= 0.3 is 0 Å². The largest absolute Gasteiger partial charge is 0.488 e. The summed E-state index contributed by atoms with van der Waals surface area (Å²) in [6.07, 6.45) is 0. The fourth-order valence-electron chi connectivity index (χ4n) is 0.989. The minimum Gasteiger partial charge on any atom is -0.488 e. The Hall–Kier alpha value is -0.990. The third-order valence-electron chi connectivity index (χ3n) is 1.71. The van der Waals surface area contributed by atoms with E-state index in [0.717, 1.165) is 11.1 Å². The summed E-state index contributed by atoms with van der Waals surface area (Å²) in [6, 6.07) is 5.54. The van der Waals surface area contributed by atoms with Gasteiger partial charge in [-0.1, -0.05) is 24.2 Å². The summed E-state index contributed by atoms with van der Waals surface area (Å²) in [6.45, 7) is 6.62. The van der Waals surface area contributed by atoms with Gasteiger partial charge in [0.2, 0.25) is 0 Å². The predicted octanol–water partition coefficient (Wildman–Crippen LogP) is 2.75. The van der Waals surface area contributed by atoms with Gasteiger partial charge in [0.25, 0.3) is 0 Å². The summed E-state index contributed by atoms with van der Waals surface area (Å²) < 4.78 is 5.43. The summed E-state index contributed by atoms with van der Waals surface area (Å²) in [5.74, 6) is 0.673. The van der Waals surface area contributed by atoms with Gasteiger partial charge in [-0.3, -0.25) is 0 Å². The van der Waals surface area contributed by atoms with Crippen molar-refractivity contribution in [2.45, 2.75) is 13.5 Å². The van der Waals surface area contributed by atoms with Crippen molar-refractivity contribution < 1.29 is 4.74 Å². The maximum atomic E-state index is 5.98. The van der Waals surface area contributed by atoms with Crippen LogP contribution in [0.5, 0.6) is 5.75 Å². The van der Waals surface area contributed by atoms with Crippen LogP contribution >= 0.6 is 11.6 Å². The molecule has 1 rings (SSSR count). The standard InChI is InChI=1S/C11H14ClNO/c1-8(2)7-14-11-4-3-9(6-13)5-10(11)12/h3-5H,1,6-7,13H2,2H3. The van der Waals surface area contributed by atoms with Crippen molar-refractivity contribution >= 4 is 11.6 Å². The van der Waals surface area contributed by atoms with E-state index in [-0.39, 0.29) is 0 Å². The lowest BCUT2D eigenvalue weighted by Crippen LogP contribution is -2.00. The highest BCUT2D eigenvalue weighted by atomic mass is 35.5. The molecule has 3 heteroatoms. The maximum Gasteiger partial charge on any atom is 0.138 e. The number of nitrogens with two attached hydrogens (primary N) is 1. The minimum atomic E-state index is 0.487. The summed E-state index contributed by atoms with van der Waals surface area (Å²) >= 11 is 5.98. The molecule has 0 aromatic heterocycles. The van der Waals surface area contributed by atoms with Crippen LogP contribution in [0.4, 0.5) is 0 Å². The third kappa shape index (κ3) is 3.05. The van der Waals surface area contributed by atoms with Crippen LogP contribution in [0.1, 0.15) is 12.5 Å². The van der Waals surface area contributed by atoms with E-state index in [2.05, 4.69) is 6.58 Å². The van der Waals surface area contributed by atoms with E-state index in [0.29, 0.717) is 23.9 Å². The lowest BCUT2D eigenvalue weighted by Gasteiger charge is -2.08. The molecule has 0 aliphatic heterocycles. The van der Waals surface area contributed by atoms with E-state index in [1.54, 1.807) is 0 Å². The molecule has 1 aromatic carbocycles. The van der Waals surface area contributed by atoms with Gasteiger partial charge in [-0.2, -0.15) is 0 Å². The van der Waals surface area contributed by atoms with Crippen LogP contribution in [-0.2, 0) is 6.54 Å². The zero-order valence-corrected chi connectivity index (χ0v) is 8.97. The van der Waals surface area contributed by atoms with E-state index in [1.807, 2.05) is 25.1 Å². The summed E-state index contributed by atoms with van der Waals surface area (Å²) in [7, 11) is 0. The first-order chi connectivity index (χ1) is 6.63. The number of ether oxygens (including phenoxy) is 1. The molecule has 0 saturated carbocycles. The van der Waals surface area contributed by atoms with Crippen molar-refractivity contribution in [1.29, 1.82) is 0 Å². The topological polar surface area (TPSA) is 35.2 Å². The minimum absolute atomic E-state index is 0.487. The molecule has 14 heavy (non-hydrogen) atoms. The van der Waals surface area contributed by atoms with Gasteiger partial charge in [0.05, 0.1) is 5.02 Å². The van der Waals surface area contributed by atoms with Gasteiger partial charge in [-0.15, -0.1) is 0 Å². The van der Waals surface area contributed by atoms with E-state index < -0.39 is 0 Å². The lowest BCUT2D eigenvalue weighted by atomic mass is 10.2. The van der Waals surface area contributed by atoms with Crippen molar-refractivity contribution in [3.8, 4) is 5.75 Å². The third-order valence-corrected chi connectivity index (χ3v) is 2.00. The van der Waals surface area contributed by atoms with Gasteiger partial charge in [0, 0.05) is 6.54 Å². The summed E-state index contributed by atoms with van der Waals surface area (Å²) in [5, 5.41) is 0.592. The fraction of sp³-hybridized carbons (Fsp3) is 0.273. The highest BCUT2D eigenvalue weighted by Crippen LogP contribution is 2.25. The molecule has 0 fully saturated rings. The predicted molar refractivity (Wildman–Crippen MR) is 59.7 cm³/mol. The van der Waals surface area contributed by atoms with Crippen LogP contribution in [0.25, 0.3) is 0 Å². The molecule has 0 aliphatic rings. The number of rotatable bonds is 4. The first-order valence-corrected chi connectivity index (χ1v) is 4.77. The van der Waals surface area contributed by atoms with Crippen LogP contribution in [0.15, 0.2) is 30.4 Å². The quantitative estimate of drug-likeness (QED) is 0.778. The van der Waals surface area contributed by atoms with E-state index in [9.17, 15) is 0 Å².